The Labute approximate surface area is 75.6 Å². The molecule has 2 N–H and O–H groups in total. The lowest BCUT2D eigenvalue weighted by molar-refractivity contribution is 0.754. The highest BCUT2D eigenvalue weighted by Gasteiger charge is 2.10. The van der Waals surface area contributed by atoms with Crippen LogP contribution in [0.15, 0.2) is 12.5 Å². The predicted octanol–water partition coefficient (Wildman–Crippen LogP) is 0.830. The summed E-state index contributed by atoms with van der Waals surface area (Å²) < 4.78 is 1.82. The molecule has 0 fully saturated rings. The molecule has 5 nitrogen and oxygen atoms in total. The smallest absolute Gasteiger partial charge is 0.186 e. The van der Waals surface area contributed by atoms with Crippen molar-refractivity contribution in [2.45, 2.75) is 19.8 Å². The van der Waals surface area contributed by atoms with Crippen LogP contribution in [0.3, 0.4) is 0 Å². The summed E-state index contributed by atoms with van der Waals surface area (Å²) in [7, 11) is 0. The van der Waals surface area contributed by atoms with Crippen LogP contribution in [0.2, 0.25) is 0 Å². The van der Waals surface area contributed by atoms with E-state index in [1.54, 1.807) is 12.5 Å². The Morgan fingerprint density at radius 2 is 2.15 bits per heavy atom. The fraction of sp³-hybridized carbons (Fsp3) is 0.375. The molecule has 0 spiro atoms. The summed E-state index contributed by atoms with van der Waals surface area (Å²) in [6.45, 7) is 4.11. The Kier molecular flexibility index (Phi) is 1.65. The van der Waals surface area contributed by atoms with Crippen LogP contribution >= 0.6 is 0 Å². The first kappa shape index (κ1) is 7.97. The van der Waals surface area contributed by atoms with E-state index in [1.165, 1.54) is 0 Å². The molecule has 2 aromatic heterocycles. The molecule has 13 heavy (non-hydrogen) atoms. The predicted molar refractivity (Wildman–Crippen MR) is 49.3 cm³/mol. The number of hydrogen-bond acceptors (Lipinski definition) is 4. The van der Waals surface area contributed by atoms with Crippen molar-refractivity contribution in [3.63, 3.8) is 0 Å². The van der Waals surface area contributed by atoms with Gasteiger partial charge in [-0.3, -0.25) is 4.40 Å². The number of nitrogens with zero attached hydrogens (tertiary/aromatic N) is 4. The fourth-order valence-electron chi connectivity index (χ4n) is 1.25. The zero-order valence-electron chi connectivity index (χ0n) is 7.60. The maximum atomic E-state index is 5.68. The Balaban J connectivity index is 2.75. The Bertz CT molecular complexity index is 431. The number of nitrogens with two attached hydrogens (primary N) is 1. The van der Waals surface area contributed by atoms with E-state index in [9.17, 15) is 0 Å². The number of fused-ring (bicyclic) bond motifs is 1. The van der Waals surface area contributed by atoms with Crippen LogP contribution in [0.4, 0.5) is 5.69 Å². The third kappa shape index (κ3) is 1.12. The van der Waals surface area contributed by atoms with Crippen molar-refractivity contribution in [3.8, 4) is 0 Å². The second kappa shape index (κ2) is 2.69. The topological polar surface area (TPSA) is 69.1 Å². The van der Waals surface area contributed by atoms with Gasteiger partial charge >= 0.3 is 0 Å². The third-order valence-corrected chi connectivity index (χ3v) is 1.89. The molecule has 0 unspecified atom stereocenters. The lowest BCUT2D eigenvalue weighted by Crippen LogP contribution is -1.99. The second-order valence-electron chi connectivity index (χ2n) is 3.26. The standard InChI is InChI=1S/C8H11N5/c1-5(2)7-11-12-8-6(9)3-10-4-13(7)8/h3-5H,9H2,1-2H3. The summed E-state index contributed by atoms with van der Waals surface area (Å²) in [5, 5.41) is 8.04. The average molecular weight is 177 g/mol. The molecule has 2 aromatic rings. The van der Waals surface area contributed by atoms with Crippen LogP contribution in [0.25, 0.3) is 5.65 Å². The molecule has 0 amide bonds. The van der Waals surface area contributed by atoms with Crippen molar-refractivity contribution >= 4 is 11.3 Å². The molecule has 5 heteroatoms. The second-order valence-corrected chi connectivity index (χ2v) is 3.26. The summed E-state index contributed by atoms with van der Waals surface area (Å²) in [5.41, 5.74) is 6.92. The number of nitrogen functional groups attached to an aromatic ring is 1. The highest BCUT2D eigenvalue weighted by Crippen LogP contribution is 2.15. The van der Waals surface area contributed by atoms with Crippen molar-refractivity contribution in [1.29, 1.82) is 0 Å². The van der Waals surface area contributed by atoms with Crippen molar-refractivity contribution < 1.29 is 0 Å². The van der Waals surface area contributed by atoms with E-state index in [-0.39, 0.29) is 0 Å². The van der Waals surface area contributed by atoms with E-state index >= 15 is 0 Å². The minimum Gasteiger partial charge on any atom is -0.394 e. The molecule has 0 bridgehead atoms. The lowest BCUT2D eigenvalue weighted by atomic mass is 10.2. The van der Waals surface area contributed by atoms with E-state index in [0.29, 0.717) is 17.3 Å². The summed E-state index contributed by atoms with van der Waals surface area (Å²) in [5.74, 6) is 1.20. The molecule has 0 aliphatic heterocycles. The summed E-state index contributed by atoms with van der Waals surface area (Å²) in [6, 6.07) is 0. The van der Waals surface area contributed by atoms with Crippen molar-refractivity contribution in [2.75, 3.05) is 5.73 Å². The molecule has 68 valence electrons. The van der Waals surface area contributed by atoms with Gasteiger partial charge < -0.3 is 5.73 Å². The van der Waals surface area contributed by atoms with Crippen LogP contribution < -0.4 is 5.73 Å². The van der Waals surface area contributed by atoms with Crippen LogP contribution in [0.1, 0.15) is 25.6 Å². The van der Waals surface area contributed by atoms with Crippen molar-refractivity contribution in [1.82, 2.24) is 19.6 Å². The highest BCUT2D eigenvalue weighted by molar-refractivity contribution is 5.62. The van der Waals surface area contributed by atoms with Crippen LogP contribution in [-0.2, 0) is 0 Å². The van der Waals surface area contributed by atoms with Gasteiger partial charge in [0.2, 0.25) is 0 Å². The van der Waals surface area contributed by atoms with E-state index in [4.69, 9.17) is 5.73 Å². The summed E-state index contributed by atoms with van der Waals surface area (Å²) in [6.07, 6.45) is 3.26. The number of rotatable bonds is 1. The SMILES string of the molecule is CC(C)c1nnc2c(N)cncn12. The molecule has 0 saturated heterocycles. The minimum absolute atomic E-state index is 0.318. The van der Waals surface area contributed by atoms with Gasteiger partial charge in [-0.2, -0.15) is 0 Å². The largest absolute Gasteiger partial charge is 0.394 e. The van der Waals surface area contributed by atoms with E-state index in [1.807, 2.05) is 4.40 Å². The summed E-state index contributed by atoms with van der Waals surface area (Å²) in [4.78, 5) is 3.99. The third-order valence-electron chi connectivity index (χ3n) is 1.89. The normalized spacial score (nSPS) is 11.3. The highest BCUT2D eigenvalue weighted by atomic mass is 15.3. The van der Waals surface area contributed by atoms with Gasteiger partial charge in [0.1, 0.15) is 12.2 Å². The first-order valence-corrected chi connectivity index (χ1v) is 4.14. The van der Waals surface area contributed by atoms with E-state index < -0.39 is 0 Å². The zero-order chi connectivity index (χ0) is 9.42. The van der Waals surface area contributed by atoms with Crippen LogP contribution in [-0.4, -0.2) is 19.6 Å². The monoisotopic (exact) mass is 177 g/mol. The zero-order valence-corrected chi connectivity index (χ0v) is 7.60. The fourth-order valence-corrected chi connectivity index (χ4v) is 1.25. The van der Waals surface area contributed by atoms with Gasteiger partial charge in [0.25, 0.3) is 0 Å². The molecule has 0 aliphatic rings. The minimum atomic E-state index is 0.318. The molecule has 0 radical (unpaired) electrons. The molecule has 0 atom stereocenters. The van der Waals surface area contributed by atoms with E-state index in [2.05, 4.69) is 29.0 Å². The number of aromatic nitrogens is 4. The maximum Gasteiger partial charge on any atom is 0.186 e. The van der Waals surface area contributed by atoms with Gasteiger partial charge in [0, 0.05) is 5.92 Å². The Hall–Kier alpha value is -1.65. The molecule has 0 aliphatic carbocycles. The van der Waals surface area contributed by atoms with Crippen molar-refractivity contribution in [2.24, 2.45) is 0 Å². The Morgan fingerprint density at radius 1 is 1.38 bits per heavy atom. The first-order chi connectivity index (χ1) is 6.20. The molecular formula is C8H11N5. The Morgan fingerprint density at radius 3 is 2.85 bits per heavy atom. The van der Waals surface area contributed by atoms with Crippen LogP contribution in [0.5, 0.6) is 0 Å². The number of hydrogen-bond donors (Lipinski definition) is 1. The van der Waals surface area contributed by atoms with Gasteiger partial charge in [0.05, 0.1) is 11.9 Å². The van der Waals surface area contributed by atoms with Gasteiger partial charge in [-0.1, -0.05) is 13.8 Å². The van der Waals surface area contributed by atoms with Gasteiger partial charge in [-0.05, 0) is 0 Å². The van der Waals surface area contributed by atoms with Gasteiger partial charge in [-0.15, -0.1) is 10.2 Å². The molecule has 0 saturated carbocycles. The van der Waals surface area contributed by atoms with Gasteiger partial charge in [-0.25, -0.2) is 4.98 Å². The van der Waals surface area contributed by atoms with E-state index in [0.717, 1.165) is 5.82 Å². The number of anilines is 1. The summed E-state index contributed by atoms with van der Waals surface area (Å²) >= 11 is 0. The van der Waals surface area contributed by atoms with Gasteiger partial charge in [0.15, 0.2) is 5.65 Å². The first-order valence-electron chi connectivity index (χ1n) is 4.14. The lowest BCUT2D eigenvalue weighted by Gasteiger charge is -2.01. The molecular weight excluding hydrogens is 166 g/mol. The average Bonchev–Trinajstić information content (AvgIpc) is 2.48. The maximum absolute atomic E-state index is 5.68. The van der Waals surface area contributed by atoms with Crippen molar-refractivity contribution in [3.05, 3.63) is 18.3 Å². The molecule has 0 aromatic carbocycles. The quantitative estimate of drug-likeness (QED) is 0.700. The van der Waals surface area contributed by atoms with Crippen LogP contribution in [0, 0.1) is 0 Å². The molecule has 2 rings (SSSR count). The molecule has 2 heterocycles.